The lowest BCUT2D eigenvalue weighted by molar-refractivity contribution is 0.0859. The summed E-state index contributed by atoms with van der Waals surface area (Å²) in [6, 6.07) is 8.03. The first-order valence-electron chi connectivity index (χ1n) is 6.93. The first kappa shape index (κ1) is 13.7. The summed E-state index contributed by atoms with van der Waals surface area (Å²) in [6.07, 6.45) is 7.96. The number of rotatable bonds is 4. The van der Waals surface area contributed by atoms with Gasteiger partial charge in [-0.2, -0.15) is 0 Å². The standard InChI is InChI=1S/C16H22OS/c1-3-12-7-6-8-13(11-12)16(17)14-9-4-5-10-15(14)18-2/h4-5,9-10,12-13H,3,6-8,11H2,1-2H3. The Morgan fingerprint density at radius 1 is 1.33 bits per heavy atom. The van der Waals surface area contributed by atoms with Crippen molar-refractivity contribution in [2.75, 3.05) is 6.26 Å². The Balaban J connectivity index is 2.15. The Morgan fingerprint density at radius 3 is 2.83 bits per heavy atom. The zero-order chi connectivity index (χ0) is 13.0. The molecule has 0 aliphatic heterocycles. The normalized spacial score (nSPS) is 23.9. The minimum absolute atomic E-state index is 0.261. The molecule has 1 aliphatic carbocycles. The maximum absolute atomic E-state index is 12.6. The molecule has 1 saturated carbocycles. The maximum atomic E-state index is 12.6. The summed E-state index contributed by atoms with van der Waals surface area (Å²) in [4.78, 5) is 13.8. The van der Waals surface area contributed by atoms with E-state index in [-0.39, 0.29) is 5.92 Å². The number of carbonyl (C=O) groups is 1. The topological polar surface area (TPSA) is 17.1 Å². The average molecular weight is 262 g/mol. The molecule has 2 heteroatoms. The SMILES string of the molecule is CCC1CCCC(C(=O)c2ccccc2SC)C1. The third kappa shape index (κ3) is 2.97. The molecule has 1 aliphatic rings. The molecule has 0 spiro atoms. The van der Waals surface area contributed by atoms with Crippen molar-refractivity contribution in [2.24, 2.45) is 11.8 Å². The number of carbonyl (C=O) groups excluding carboxylic acids is 1. The molecule has 18 heavy (non-hydrogen) atoms. The van der Waals surface area contributed by atoms with Crippen molar-refractivity contribution in [2.45, 2.75) is 43.9 Å². The Bertz CT molecular complexity index is 413. The van der Waals surface area contributed by atoms with Gasteiger partial charge in [0.15, 0.2) is 5.78 Å². The molecule has 0 N–H and O–H groups in total. The van der Waals surface area contributed by atoms with Crippen LogP contribution in [0.5, 0.6) is 0 Å². The van der Waals surface area contributed by atoms with Gasteiger partial charge in [0.1, 0.15) is 0 Å². The third-order valence-corrected chi connectivity index (χ3v) is 4.90. The molecule has 0 radical (unpaired) electrons. The molecule has 98 valence electrons. The van der Waals surface area contributed by atoms with Gasteiger partial charge < -0.3 is 0 Å². The van der Waals surface area contributed by atoms with E-state index in [4.69, 9.17) is 0 Å². The number of benzene rings is 1. The van der Waals surface area contributed by atoms with Gasteiger partial charge in [-0.05, 0) is 31.1 Å². The quantitative estimate of drug-likeness (QED) is 0.572. The van der Waals surface area contributed by atoms with E-state index in [0.717, 1.165) is 29.2 Å². The first-order chi connectivity index (χ1) is 8.76. The van der Waals surface area contributed by atoms with Crippen molar-refractivity contribution in [3.8, 4) is 0 Å². The van der Waals surface area contributed by atoms with Crippen molar-refractivity contribution in [3.05, 3.63) is 29.8 Å². The Hall–Kier alpha value is -0.760. The molecule has 0 aromatic heterocycles. The van der Waals surface area contributed by atoms with Crippen LogP contribution in [0.25, 0.3) is 0 Å². The lowest BCUT2D eigenvalue weighted by atomic mass is 9.77. The van der Waals surface area contributed by atoms with Crippen LogP contribution >= 0.6 is 11.8 Å². The second-order valence-corrected chi connectivity index (χ2v) is 6.05. The Morgan fingerprint density at radius 2 is 2.11 bits per heavy atom. The van der Waals surface area contributed by atoms with E-state index in [2.05, 4.69) is 13.0 Å². The summed E-state index contributed by atoms with van der Waals surface area (Å²) < 4.78 is 0. The summed E-state index contributed by atoms with van der Waals surface area (Å²) in [5.74, 6) is 1.39. The molecule has 1 aromatic carbocycles. The van der Waals surface area contributed by atoms with Crippen molar-refractivity contribution >= 4 is 17.5 Å². The van der Waals surface area contributed by atoms with Crippen molar-refractivity contribution in [3.63, 3.8) is 0 Å². The molecule has 1 fully saturated rings. The fourth-order valence-electron chi connectivity index (χ4n) is 2.97. The van der Waals surface area contributed by atoms with E-state index in [1.54, 1.807) is 11.8 Å². The molecule has 2 unspecified atom stereocenters. The van der Waals surface area contributed by atoms with Gasteiger partial charge in [0.05, 0.1) is 0 Å². The lowest BCUT2D eigenvalue weighted by Gasteiger charge is -2.27. The Kier molecular flexibility index (Phi) is 4.87. The van der Waals surface area contributed by atoms with Gasteiger partial charge in [0, 0.05) is 16.4 Å². The highest BCUT2D eigenvalue weighted by Crippen LogP contribution is 2.34. The van der Waals surface area contributed by atoms with Crippen molar-refractivity contribution in [1.82, 2.24) is 0 Å². The van der Waals surface area contributed by atoms with Crippen LogP contribution in [0, 0.1) is 11.8 Å². The summed E-state index contributed by atoms with van der Waals surface area (Å²) >= 11 is 1.67. The smallest absolute Gasteiger partial charge is 0.167 e. The fourth-order valence-corrected chi connectivity index (χ4v) is 3.57. The van der Waals surface area contributed by atoms with Gasteiger partial charge in [0.25, 0.3) is 0 Å². The van der Waals surface area contributed by atoms with Crippen LogP contribution < -0.4 is 0 Å². The maximum Gasteiger partial charge on any atom is 0.167 e. The number of hydrogen-bond donors (Lipinski definition) is 0. The van der Waals surface area contributed by atoms with E-state index in [9.17, 15) is 4.79 Å². The Labute approximate surface area is 114 Å². The zero-order valence-corrected chi connectivity index (χ0v) is 12.1. The van der Waals surface area contributed by atoms with Crippen molar-refractivity contribution < 1.29 is 4.79 Å². The number of thioether (sulfide) groups is 1. The highest BCUT2D eigenvalue weighted by Gasteiger charge is 2.27. The minimum atomic E-state index is 0.261. The van der Waals surface area contributed by atoms with E-state index in [1.165, 1.54) is 19.3 Å². The summed E-state index contributed by atoms with van der Waals surface area (Å²) in [7, 11) is 0. The van der Waals surface area contributed by atoms with Crippen LogP contribution in [0.2, 0.25) is 0 Å². The summed E-state index contributed by atoms with van der Waals surface area (Å²) in [6.45, 7) is 2.24. The third-order valence-electron chi connectivity index (χ3n) is 4.10. The predicted molar refractivity (Wildman–Crippen MR) is 78.3 cm³/mol. The van der Waals surface area contributed by atoms with E-state index in [0.29, 0.717) is 5.78 Å². The second-order valence-electron chi connectivity index (χ2n) is 5.20. The minimum Gasteiger partial charge on any atom is -0.294 e. The van der Waals surface area contributed by atoms with Crippen molar-refractivity contribution in [1.29, 1.82) is 0 Å². The summed E-state index contributed by atoms with van der Waals surface area (Å²) in [5.41, 5.74) is 0.937. The van der Waals surface area contributed by atoms with Gasteiger partial charge in [-0.3, -0.25) is 4.79 Å². The van der Waals surface area contributed by atoms with Crippen LogP contribution in [-0.4, -0.2) is 12.0 Å². The lowest BCUT2D eigenvalue weighted by Crippen LogP contribution is -2.23. The molecule has 0 heterocycles. The predicted octanol–water partition coefficient (Wildman–Crippen LogP) is 4.81. The van der Waals surface area contributed by atoms with Crippen LogP contribution in [0.3, 0.4) is 0 Å². The number of Topliss-reactive ketones (excluding diaryl/α,β-unsaturated/α-hetero) is 1. The van der Waals surface area contributed by atoms with E-state index < -0.39 is 0 Å². The van der Waals surface area contributed by atoms with Crippen LogP contribution in [0.15, 0.2) is 29.2 Å². The molecular formula is C16H22OS. The van der Waals surface area contributed by atoms with Gasteiger partial charge >= 0.3 is 0 Å². The highest BCUT2D eigenvalue weighted by molar-refractivity contribution is 7.98. The summed E-state index contributed by atoms with van der Waals surface area (Å²) in [5, 5.41) is 0. The fraction of sp³-hybridized carbons (Fsp3) is 0.562. The zero-order valence-electron chi connectivity index (χ0n) is 11.3. The molecule has 2 atom stereocenters. The molecule has 0 bridgehead atoms. The van der Waals surface area contributed by atoms with Gasteiger partial charge in [-0.1, -0.05) is 44.4 Å². The van der Waals surface area contributed by atoms with Gasteiger partial charge in [0.2, 0.25) is 0 Å². The number of hydrogen-bond acceptors (Lipinski definition) is 2. The first-order valence-corrected chi connectivity index (χ1v) is 8.16. The number of ketones is 1. The van der Waals surface area contributed by atoms with E-state index in [1.807, 2.05) is 24.5 Å². The monoisotopic (exact) mass is 262 g/mol. The van der Waals surface area contributed by atoms with Gasteiger partial charge in [-0.25, -0.2) is 0 Å². The van der Waals surface area contributed by atoms with E-state index >= 15 is 0 Å². The molecule has 2 rings (SSSR count). The highest BCUT2D eigenvalue weighted by atomic mass is 32.2. The van der Waals surface area contributed by atoms with Crippen LogP contribution in [0.1, 0.15) is 49.4 Å². The average Bonchev–Trinajstić information content (AvgIpc) is 2.46. The molecular weight excluding hydrogens is 240 g/mol. The molecule has 0 saturated heterocycles. The van der Waals surface area contributed by atoms with Gasteiger partial charge in [-0.15, -0.1) is 11.8 Å². The van der Waals surface area contributed by atoms with Crippen LogP contribution in [0.4, 0.5) is 0 Å². The second kappa shape index (κ2) is 6.42. The largest absolute Gasteiger partial charge is 0.294 e. The molecule has 1 aromatic rings. The molecule has 0 amide bonds. The molecule has 1 nitrogen and oxygen atoms in total. The van der Waals surface area contributed by atoms with Crippen LogP contribution in [-0.2, 0) is 0 Å².